The second kappa shape index (κ2) is 8.92. The van der Waals surface area contributed by atoms with Crippen LogP contribution in [0.1, 0.15) is 22.8 Å². The molecule has 2 aromatic carbocycles. The zero-order chi connectivity index (χ0) is 20.9. The topological polar surface area (TPSA) is 64.5 Å². The minimum absolute atomic E-state index is 0.139. The van der Waals surface area contributed by atoms with Gasteiger partial charge in [-0.2, -0.15) is 0 Å². The van der Waals surface area contributed by atoms with Crippen LogP contribution >= 0.6 is 11.3 Å². The molecule has 1 amide bonds. The smallest absolute Gasteiger partial charge is 0.260 e. The highest BCUT2D eigenvalue weighted by Gasteiger charge is 2.23. The van der Waals surface area contributed by atoms with Gasteiger partial charge in [0.15, 0.2) is 5.13 Å². The van der Waals surface area contributed by atoms with Gasteiger partial charge in [-0.25, -0.2) is 4.98 Å². The summed E-state index contributed by atoms with van der Waals surface area (Å²) in [5, 5.41) is 0.609. The van der Waals surface area contributed by atoms with Gasteiger partial charge >= 0.3 is 0 Å². The lowest BCUT2D eigenvalue weighted by atomic mass is 10.2. The number of carbonyl (C=O) groups is 1. The number of aromatic nitrogens is 2. The van der Waals surface area contributed by atoms with Gasteiger partial charge in [0.05, 0.1) is 25.0 Å². The van der Waals surface area contributed by atoms with Crippen molar-refractivity contribution in [2.75, 3.05) is 18.6 Å². The SMILES string of the molecule is CCOc1ccc(C(=O)N(Cc2cccnc2)c2nc3c(OC)cccc3s2)cc1. The van der Waals surface area contributed by atoms with Gasteiger partial charge in [0, 0.05) is 18.0 Å². The summed E-state index contributed by atoms with van der Waals surface area (Å²) in [4.78, 5) is 24.0. The van der Waals surface area contributed by atoms with E-state index >= 15 is 0 Å². The predicted octanol–water partition coefficient (Wildman–Crippen LogP) is 4.95. The van der Waals surface area contributed by atoms with E-state index < -0.39 is 0 Å². The first-order valence-electron chi connectivity index (χ1n) is 9.56. The summed E-state index contributed by atoms with van der Waals surface area (Å²) in [7, 11) is 1.62. The van der Waals surface area contributed by atoms with Gasteiger partial charge in [-0.1, -0.05) is 23.5 Å². The monoisotopic (exact) mass is 419 g/mol. The summed E-state index contributed by atoms with van der Waals surface area (Å²) in [6.07, 6.45) is 3.47. The Kier molecular flexibility index (Phi) is 5.90. The third-order valence-electron chi connectivity index (χ3n) is 4.54. The Morgan fingerprint density at radius 3 is 2.63 bits per heavy atom. The average Bonchev–Trinajstić information content (AvgIpc) is 3.22. The van der Waals surface area contributed by atoms with Crippen LogP contribution in [0.4, 0.5) is 5.13 Å². The number of hydrogen-bond donors (Lipinski definition) is 0. The van der Waals surface area contributed by atoms with Crippen molar-refractivity contribution >= 4 is 32.6 Å². The number of fused-ring (bicyclic) bond motifs is 1. The van der Waals surface area contributed by atoms with E-state index in [9.17, 15) is 4.79 Å². The van der Waals surface area contributed by atoms with E-state index in [0.29, 0.717) is 29.6 Å². The van der Waals surface area contributed by atoms with Gasteiger partial charge in [0.1, 0.15) is 17.0 Å². The van der Waals surface area contributed by atoms with Gasteiger partial charge in [0.2, 0.25) is 0 Å². The fraction of sp³-hybridized carbons (Fsp3) is 0.174. The maximum absolute atomic E-state index is 13.5. The number of thiazole rings is 1. The molecule has 2 aromatic heterocycles. The Morgan fingerprint density at radius 2 is 1.93 bits per heavy atom. The summed E-state index contributed by atoms with van der Waals surface area (Å²) in [6, 6.07) is 16.7. The van der Waals surface area contributed by atoms with Crippen molar-refractivity contribution in [3.05, 3.63) is 78.1 Å². The Morgan fingerprint density at radius 1 is 1.10 bits per heavy atom. The van der Waals surface area contributed by atoms with E-state index in [2.05, 4.69) is 4.98 Å². The molecule has 0 unspecified atom stereocenters. The molecule has 0 bridgehead atoms. The van der Waals surface area contributed by atoms with Crippen LogP contribution in [0.15, 0.2) is 67.0 Å². The highest BCUT2D eigenvalue weighted by atomic mass is 32.1. The van der Waals surface area contributed by atoms with Crippen molar-refractivity contribution in [1.82, 2.24) is 9.97 Å². The van der Waals surface area contributed by atoms with Crippen LogP contribution in [0.25, 0.3) is 10.2 Å². The number of carbonyl (C=O) groups excluding carboxylic acids is 1. The molecule has 6 nitrogen and oxygen atoms in total. The second-order valence-electron chi connectivity index (χ2n) is 6.51. The maximum Gasteiger partial charge on any atom is 0.260 e. The van der Waals surface area contributed by atoms with Crippen LogP contribution in [-0.4, -0.2) is 29.6 Å². The van der Waals surface area contributed by atoms with E-state index in [1.165, 1.54) is 11.3 Å². The van der Waals surface area contributed by atoms with E-state index in [-0.39, 0.29) is 5.91 Å². The van der Waals surface area contributed by atoms with Crippen LogP contribution < -0.4 is 14.4 Å². The number of hydrogen-bond acceptors (Lipinski definition) is 6. The van der Waals surface area contributed by atoms with Crippen molar-refractivity contribution < 1.29 is 14.3 Å². The number of amides is 1. The van der Waals surface area contributed by atoms with Crippen LogP contribution in [0.3, 0.4) is 0 Å². The summed E-state index contributed by atoms with van der Waals surface area (Å²) >= 11 is 1.46. The second-order valence-corrected chi connectivity index (χ2v) is 7.52. The first kappa shape index (κ1) is 19.8. The van der Waals surface area contributed by atoms with Gasteiger partial charge < -0.3 is 9.47 Å². The van der Waals surface area contributed by atoms with E-state index in [1.807, 2.05) is 37.3 Å². The number of pyridine rings is 1. The molecule has 30 heavy (non-hydrogen) atoms. The maximum atomic E-state index is 13.5. The number of rotatable bonds is 7. The summed E-state index contributed by atoms with van der Waals surface area (Å²) < 4.78 is 11.9. The molecule has 4 rings (SSSR count). The van der Waals surface area contributed by atoms with Crippen molar-refractivity contribution in [3.8, 4) is 11.5 Å². The van der Waals surface area contributed by atoms with E-state index in [1.54, 1.807) is 48.7 Å². The third-order valence-corrected chi connectivity index (χ3v) is 5.59. The Bertz CT molecular complexity index is 1140. The zero-order valence-corrected chi connectivity index (χ0v) is 17.6. The first-order chi connectivity index (χ1) is 14.7. The molecule has 152 valence electrons. The van der Waals surface area contributed by atoms with Crippen LogP contribution in [-0.2, 0) is 6.54 Å². The highest BCUT2D eigenvalue weighted by Crippen LogP contribution is 2.35. The van der Waals surface area contributed by atoms with Gasteiger partial charge in [-0.15, -0.1) is 0 Å². The van der Waals surface area contributed by atoms with Gasteiger partial charge in [0.25, 0.3) is 5.91 Å². The highest BCUT2D eigenvalue weighted by molar-refractivity contribution is 7.22. The molecule has 0 fully saturated rings. The molecule has 0 aliphatic rings. The normalized spacial score (nSPS) is 10.7. The van der Waals surface area contributed by atoms with Crippen molar-refractivity contribution in [2.45, 2.75) is 13.5 Å². The van der Waals surface area contributed by atoms with E-state index in [0.717, 1.165) is 21.5 Å². The molecule has 4 aromatic rings. The van der Waals surface area contributed by atoms with Crippen LogP contribution in [0.2, 0.25) is 0 Å². The minimum Gasteiger partial charge on any atom is -0.494 e. The number of para-hydroxylation sites is 1. The number of methoxy groups -OCH3 is 1. The molecule has 0 aliphatic heterocycles. The molecule has 0 radical (unpaired) electrons. The molecule has 0 N–H and O–H groups in total. The molecule has 0 spiro atoms. The number of ether oxygens (including phenoxy) is 2. The molecule has 7 heteroatoms. The molecule has 0 saturated heterocycles. The number of anilines is 1. The third kappa shape index (κ3) is 4.11. The fourth-order valence-electron chi connectivity index (χ4n) is 3.11. The fourth-order valence-corrected chi connectivity index (χ4v) is 4.09. The van der Waals surface area contributed by atoms with Crippen molar-refractivity contribution in [3.63, 3.8) is 0 Å². The van der Waals surface area contributed by atoms with Crippen molar-refractivity contribution in [1.29, 1.82) is 0 Å². The first-order valence-corrected chi connectivity index (χ1v) is 10.4. The van der Waals surface area contributed by atoms with Crippen LogP contribution in [0.5, 0.6) is 11.5 Å². The summed E-state index contributed by atoms with van der Waals surface area (Å²) in [5.41, 5.74) is 2.23. The van der Waals surface area contributed by atoms with Gasteiger partial charge in [-0.05, 0) is 55.0 Å². The molecule has 2 heterocycles. The molecule has 0 atom stereocenters. The standard InChI is InChI=1S/C23H21N3O3S/c1-3-29-18-11-9-17(10-12-18)22(27)26(15-16-6-5-13-24-14-16)23-25-21-19(28-2)7-4-8-20(21)30-23/h4-14H,3,15H2,1-2H3. The number of benzene rings is 2. The molecule has 0 saturated carbocycles. The zero-order valence-electron chi connectivity index (χ0n) is 16.7. The molecule has 0 aliphatic carbocycles. The minimum atomic E-state index is -0.139. The molecular weight excluding hydrogens is 398 g/mol. The van der Waals surface area contributed by atoms with E-state index in [4.69, 9.17) is 14.5 Å². The lowest BCUT2D eigenvalue weighted by Crippen LogP contribution is -2.30. The Hall–Kier alpha value is -3.45. The van der Waals surface area contributed by atoms with Gasteiger partial charge in [-0.3, -0.25) is 14.7 Å². The lowest BCUT2D eigenvalue weighted by Gasteiger charge is -2.20. The average molecular weight is 420 g/mol. The van der Waals surface area contributed by atoms with Crippen LogP contribution in [0, 0.1) is 0 Å². The summed E-state index contributed by atoms with van der Waals surface area (Å²) in [6.45, 7) is 2.87. The largest absolute Gasteiger partial charge is 0.494 e. The summed E-state index contributed by atoms with van der Waals surface area (Å²) in [5.74, 6) is 1.28. The quantitative estimate of drug-likeness (QED) is 0.424. The Labute approximate surface area is 178 Å². The molecular formula is C23H21N3O3S. The predicted molar refractivity (Wildman–Crippen MR) is 119 cm³/mol. The number of nitrogens with zero attached hydrogens (tertiary/aromatic N) is 3. The Balaban J connectivity index is 1.73. The lowest BCUT2D eigenvalue weighted by molar-refractivity contribution is 0.0985. The van der Waals surface area contributed by atoms with Crippen molar-refractivity contribution in [2.24, 2.45) is 0 Å².